The Morgan fingerprint density at radius 3 is 2.73 bits per heavy atom. The van der Waals surface area contributed by atoms with Crippen molar-refractivity contribution in [1.82, 2.24) is 9.29 Å². The molecular formula is C7H10N2OS. The SMILES string of the molecule is CN(C)S(=O)c1cccnc1. The van der Waals surface area contributed by atoms with Crippen LogP contribution in [-0.4, -0.2) is 27.6 Å². The van der Waals surface area contributed by atoms with Gasteiger partial charge in [0, 0.05) is 12.4 Å². The summed E-state index contributed by atoms with van der Waals surface area (Å²) in [6.07, 6.45) is 3.27. The summed E-state index contributed by atoms with van der Waals surface area (Å²) in [5, 5.41) is 0. The number of aromatic nitrogens is 1. The van der Waals surface area contributed by atoms with Crippen LogP contribution in [0, 0.1) is 0 Å². The molecule has 0 bridgehead atoms. The number of rotatable bonds is 2. The lowest BCUT2D eigenvalue weighted by Gasteiger charge is -2.07. The van der Waals surface area contributed by atoms with Crippen LogP contribution in [0.25, 0.3) is 0 Å². The van der Waals surface area contributed by atoms with Gasteiger partial charge in [-0.1, -0.05) is 0 Å². The van der Waals surface area contributed by atoms with E-state index in [4.69, 9.17) is 0 Å². The van der Waals surface area contributed by atoms with E-state index in [1.807, 2.05) is 0 Å². The quantitative estimate of drug-likeness (QED) is 0.653. The van der Waals surface area contributed by atoms with Crippen LogP contribution in [0.15, 0.2) is 29.4 Å². The molecule has 0 saturated carbocycles. The highest BCUT2D eigenvalue weighted by molar-refractivity contribution is 7.82. The second-order valence-corrected chi connectivity index (χ2v) is 3.95. The Morgan fingerprint density at radius 1 is 1.55 bits per heavy atom. The predicted octanol–water partition coefficient (Wildman–Crippen LogP) is 0.666. The molecule has 1 aromatic heterocycles. The van der Waals surface area contributed by atoms with Crippen molar-refractivity contribution < 1.29 is 4.21 Å². The van der Waals surface area contributed by atoms with Crippen LogP contribution in [0.1, 0.15) is 0 Å². The second-order valence-electron chi connectivity index (χ2n) is 2.25. The van der Waals surface area contributed by atoms with Gasteiger partial charge in [0.05, 0.1) is 4.90 Å². The molecule has 0 aromatic carbocycles. The van der Waals surface area contributed by atoms with Gasteiger partial charge < -0.3 is 0 Å². The lowest BCUT2D eigenvalue weighted by molar-refractivity contribution is 0.602. The van der Waals surface area contributed by atoms with Gasteiger partial charge in [-0.25, -0.2) is 8.51 Å². The Bertz CT molecular complexity index is 248. The summed E-state index contributed by atoms with van der Waals surface area (Å²) in [7, 11) is 2.47. The fraction of sp³-hybridized carbons (Fsp3) is 0.286. The van der Waals surface area contributed by atoms with Gasteiger partial charge in [-0.15, -0.1) is 0 Å². The van der Waals surface area contributed by atoms with E-state index in [0.29, 0.717) is 0 Å². The minimum Gasteiger partial charge on any atom is -0.263 e. The highest BCUT2D eigenvalue weighted by Crippen LogP contribution is 2.04. The average molecular weight is 170 g/mol. The van der Waals surface area contributed by atoms with Gasteiger partial charge in [0.15, 0.2) is 0 Å². The average Bonchev–Trinajstić information content (AvgIpc) is 2.05. The monoisotopic (exact) mass is 170 g/mol. The summed E-state index contributed by atoms with van der Waals surface area (Å²) < 4.78 is 13.0. The minimum absolute atomic E-state index is 0.734. The molecule has 0 spiro atoms. The van der Waals surface area contributed by atoms with E-state index in [9.17, 15) is 4.21 Å². The van der Waals surface area contributed by atoms with Crippen molar-refractivity contribution in [3.05, 3.63) is 24.5 Å². The van der Waals surface area contributed by atoms with Crippen molar-refractivity contribution in [3.63, 3.8) is 0 Å². The molecule has 1 atom stereocenters. The van der Waals surface area contributed by atoms with Gasteiger partial charge in [-0.05, 0) is 26.2 Å². The van der Waals surface area contributed by atoms with Crippen molar-refractivity contribution in [2.75, 3.05) is 14.1 Å². The number of hydrogen-bond donors (Lipinski definition) is 0. The van der Waals surface area contributed by atoms with Gasteiger partial charge in [-0.3, -0.25) is 4.98 Å². The van der Waals surface area contributed by atoms with Crippen LogP contribution in [0.4, 0.5) is 0 Å². The number of hydrogen-bond acceptors (Lipinski definition) is 2. The third-order valence-electron chi connectivity index (χ3n) is 1.17. The van der Waals surface area contributed by atoms with Crippen molar-refractivity contribution >= 4 is 11.0 Å². The predicted molar refractivity (Wildman–Crippen MR) is 44.3 cm³/mol. The molecule has 1 unspecified atom stereocenters. The summed E-state index contributed by atoms with van der Waals surface area (Å²) in [5.74, 6) is 0. The molecule has 3 nitrogen and oxygen atoms in total. The van der Waals surface area contributed by atoms with E-state index in [1.54, 1.807) is 42.9 Å². The normalized spacial score (nSPS) is 13.4. The van der Waals surface area contributed by atoms with Crippen LogP contribution < -0.4 is 0 Å². The molecule has 0 fully saturated rings. The van der Waals surface area contributed by atoms with Gasteiger partial charge in [0.25, 0.3) is 0 Å². The second kappa shape index (κ2) is 3.59. The van der Waals surface area contributed by atoms with Crippen LogP contribution in [0.2, 0.25) is 0 Å². The standard InChI is InChI=1S/C7H10N2OS/c1-9(2)11(10)7-4-3-5-8-6-7/h3-6H,1-2H3. The molecule has 1 aromatic rings. The molecular weight excluding hydrogens is 160 g/mol. The molecule has 1 heterocycles. The lowest BCUT2D eigenvalue weighted by atomic mass is 10.5. The molecule has 11 heavy (non-hydrogen) atoms. The van der Waals surface area contributed by atoms with E-state index in [0.717, 1.165) is 4.90 Å². The van der Waals surface area contributed by atoms with E-state index in [-0.39, 0.29) is 0 Å². The van der Waals surface area contributed by atoms with E-state index >= 15 is 0 Å². The van der Waals surface area contributed by atoms with E-state index in [2.05, 4.69) is 4.98 Å². The summed E-state index contributed by atoms with van der Waals surface area (Å²) >= 11 is 0. The zero-order valence-electron chi connectivity index (χ0n) is 6.52. The molecule has 0 aliphatic heterocycles. The summed E-state index contributed by atoms with van der Waals surface area (Å²) in [6.45, 7) is 0. The largest absolute Gasteiger partial charge is 0.263 e. The Hall–Kier alpha value is -0.740. The number of pyridine rings is 1. The summed E-state index contributed by atoms with van der Waals surface area (Å²) in [4.78, 5) is 4.60. The van der Waals surface area contributed by atoms with Crippen LogP contribution in [0.3, 0.4) is 0 Å². The van der Waals surface area contributed by atoms with E-state index < -0.39 is 11.0 Å². The summed E-state index contributed by atoms with van der Waals surface area (Å²) in [5.41, 5.74) is 0. The van der Waals surface area contributed by atoms with Gasteiger partial charge in [0.2, 0.25) is 0 Å². The topological polar surface area (TPSA) is 33.2 Å². The lowest BCUT2D eigenvalue weighted by Crippen LogP contribution is -2.15. The maximum absolute atomic E-state index is 11.3. The van der Waals surface area contributed by atoms with Crippen molar-refractivity contribution in [2.45, 2.75) is 4.90 Å². The number of nitrogens with zero attached hydrogens (tertiary/aromatic N) is 2. The van der Waals surface area contributed by atoms with Gasteiger partial charge in [-0.2, -0.15) is 0 Å². The smallest absolute Gasteiger partial charge is 0.128 e. The first-order valence-electron chi connectivity index (χ1n) is 3.21. The molecule has 0 amide bonds. The first-order valence-corrected chi connectivity index (χ1v) is 4.31. The molecule has 0 radical (unpaired) electrons. The highest BCUT2D eigenvalue weighted by atomic mass is 32.2. The van der Waals surface area contributed by atoms with Crippen LogP contribution >= 0.6 is 0 Å². The van der Waals surface area contributed by atoms with Crippen molar-refractivity contribution in [3.8, 4) is 0 Å². The molecule has 4 heteroatoms. The molecule has 1 rings (SSSR count). The summed E-state index contributed by atoms with van der Waals surface area (Å²) in [6, 6.07) is 3.57. The van der Waals surface area contributed by atoms with Crippen LogP contribution in [-0.2, 0) is 11.0 Å². The Kier molecular flexibility index (Phi) is 2.73. The Balaban J connectivity index is 2.86. The van der Waals surface area contributed by atoms with Crippen LogP contribution in [0.5, 0.6) is 0 Å². The minimum atomic E-state index is -1.06. The zero-order valence-corrected chi connectivity index (χ0v) is 7.34. The van der Waals surface area contributed by atoms with Crippen molar-refractivity contribution in [1.29, 1.82) is 0 Å². The maximum atomic E-state index is 11.3. The third-order valence-corrected chi connectivity index (χ3v) is 2.48. The fourth-order valence-corrected chi connectivity index (χ4v) is 1.43. The molecule has 0 N–H and O–H groups in total. The Morgan fingerprint density at radius 2 is 2.27 bits per heavy atom. The fourth-order valence-electron chi connectivity index (χ4n) is 0.661. The third kappa shape index (κ3) is 2.10. The first kappa shape index (κ1) is 8.36. The maximum Gasteiger partial charge on any atom is 0.128 e. The van der Waals surface area contributed by atoms with Gasteiger partial charge in [0.1, 0.15) is 11.0 Å². The molecule has 60 valence electrons. The Labute approximate surface area is 68.7 Å². The van der Waals surface area contributed by atoms with Gasteiger partial charge >= 0.3 is 0 Å². The molecule has 0 saturated heterocycles. The molecule has 0 aliphatic carbocycles. The first-order chi connectivity index (χ1) is 5.22. The highest BCUT2D eigenvalue weighted by Gasteiger charge is 2.04. The molecule has 0 aliphatic rings. The van der Waals surface area contributed by atoms with E-state index in [1.165, 1.54) is 0 Å². The van der Waals surface area contributed by atoms with Crippen molar-refractivity contribution in [2.24, 2.45) is 0 Å². The zero-order chi connectivity index (χ0) is 8.27.